The third kappa shape index (κ3) is 3.62. The largest absolute Gasteiger partial charge is 0.472 e. The number of para-hydroxylation sites is 1. The number of benzene rings is 2. The highest BCUT2D eigenvalue weighted by molar-refractivity contribution is 7.43. The van der Waals surface area contributed by atoms with Gasteiger partial charge in [-0.25, -0.2) is 0 Å². The molecule has 2 aromatic rings. The van der Waals surface area contributed by atoms with E-state index in [1.54, 1.807) is 0 Å². The second kappa shape index (κ2) is 7.73. The van der Waals surface area contributed by atoms with E-state index in [-0.39, 0.29) is 0 Å². The summed E-state index contributed by atoms with van der Waals surface area (Å²) in [7, 11) is 0.440. The number of hydrogen-bond donors (Lipinski definition) is 0. The van der Waals surface area contributed by atoms with Crippen molar-refractivity contribution in [1.82, 2.24) is 0 Å². The van der Waals surface area contributed by atoms with Crippen molar-refractivity contribution in [3.63, 3.8) is 0 Å². The molecule has 0 amide bonds. The lowest BCUT2D eigenvalue weighted by atomic mass is 10.0. The van der Waals surface area contributed by atoms with Crippen LogP contribution in [0.15, 0.2) is 48.5 Å². The van der Waals surface area contributed by atoms with Crippen molar-refractivity contribution in [2.45, 2.75) is 26.7 Å². The van der Waals surface area contributed by atoms with Gasteiger partial charge in [0.25, 0.3) is 0 Å². The van der Waals surface area contributed by atoms with Crippen LogP contribution in [0.5, 0.6) is 5.75 Å². The fourth-order valence-corrected chi connectivity index (χ4v) is 2.84. The van der Waals surface area contributed by atoms with E-state index in [4.69, 9.17) is 4.52 Å². The van der Waals surface area contributed by atoms with Crippen LogP contribution < -0.4 is 9.83 Å². The second-order valence-electron chi connectivity index (χ2n) is 4.31. The molecule has 2 heteroatoms. The minimum atomic E-state index is 0.440. The second-order valence-corrected chi connectivity index (χ2v) is 5.25. The van der Waals surface area contributed by atoms with E-state index in [1.165, 1.54) is 16.4 Å². The molecule has 1 aliphatic rings. The van der Waals surface area contributed by atoms with E-state index in [1.807, 2.05) is 18.2 Å². The highest BCUT2D eigenvalue weighted by Gasteiger charge is 2.15. The van der Waals surface area contributed by atoms with Crippen molar-refractivity contribution in [1.29, 1.82) is 0 Å². The monoisotopic (exact) mass is 282 g/mol. The third-order valence-electron chi connectivity index (χ3n) is 2.85. The molecule has 3 rings (SSSR count). The van der Waals surface area contributed by atoms with Crippen LogP contribution in [0.2, 0.25) is 0 Å². The standard InChI is InChI=1S/C12H9OP.C6H10/c1-3-7-11-9(5-1)10-6-2-4-8-12(10)14-13-11;1-3-5-6-4-2/h1-8,14H;3-4H2,1-2H3. The highest BCUT2D eigenvalue weighted by Crippen LogP contribution is 2.38. The number of rotatable bonds is 0. The Kier molecular flexibility index (Phi) is 5.66. The molecule has 1 heterocycles. The van der Waals surface area contributed by atoms with Gasteiger partial charge in [-0.05, 0) is 11.6 Å². The lowest BCUT2D eigenvalue weighted by molar-refractivity contribution is 0.638. The molecule has 1 unspecified atom stereocenters. The van der Waals surface area contributed by atoms with Gasteiger partial charge < -0.3 is 4.52 Å². The Labute approximate surface area is 123 Å². The maximum Gasteiger partial charge on any atom is 0.131 e. The van der Waals surface area contributed by atoms with Gasteiger partial charge in [-0.2, -0.15) is 0 Å². The van der Waals surface area contributed by atoms with Crippen LogP contribution in [-0.4, -0.2) is 0 Å². The molecule has 102 valence electrons. The van der Waals surface area contributed by atoms with Crippen molar-refractivity contribution in [2.75, 3.05) is 0 Å². The molecule has 2 aromatic carbocycles. The summed E-state index contributed by atoms with van der Waals surface area (Å²) in [5, 5.41) is 1.30. The summed E-state index contributed by atoms with van der Waals surface area (Å²) in [4.78, 5) is 0. The van der Waals surface area contributed by atoms with Crippen LogP contribution in [0.3, 0.4) is 0 Å². The van der Waals surface area contributed by atoms with Gasteiger partial charge in [0.1, 0.15) is 14.6 Å². The molecule has 0 aliphatic carbocycles. The summed E-state index contributed by atoms with van der Waals surface area (Å²) in [5.74, 6) is 6.90. The van der Waals surface area contributed by atoms with Gasteiger partial charge in [0.15, 0.2) is 0 Å². The minimum absolute atomic E-state index is 0.440. The molecule has 0 aromatic heterocycles. The van der Waals surface area contributed by atoms with Gasteiger partial charge >= 0.3 is 0 Å². The zero-order valence-electron chi connectivity index (χ0n) is 11.9. The molecule has 20 heavy (non-hydrogen) atoms. The smallest absolute Gasteiger partial charge is 0.131 e. The molecule has 0 N–H and O–H groups in total. The van der Waals surface area contributed by atoms with E-state index in [9.17, 15) is 0 Å². The van der Waals surface area contributed by atoms with Gasteiger partial charge in [-0.1, -0.05) is 56.3 Å². The fourth-order valence-electron chi connectivity index (χ4n) is 1.95. The molecule has 1 atom stereocenters. The first kappa shape index (κ1) is 14.6. The molecule has 0 spiro atoms. The first-order chi connectivity index (χ1) is 9.86. The van der Waals surface area contributed by atoms with Crippen molar-refractivity contribution in [3.05, 3.63) is 48.5 Å². The Hall–Kier alpha value is -1.77. The first-order valence-corrected chi connectivity index (χ1v) is 7.84. The van der Waals surface area contributed by atoms with Crippen molar-refractivity contribution in [2.24, 2.45) is 0 Å². The topological polar surface area (TPSA) is 9.23 Å². The SMILES string of the molecule is CCC#CCC.c1ccc2c(c1)OPc1ccccc1-2. The Balaban J connectivity index is 0.000000212. The average Bonchev–Trinajstić information content (AvgIpc) is 2.53. The Morgan fingerprint density at radius 1 is 0.850 bits per heavy atom. The van der Waals surface area contributed by atoms with Crippen molar-refractivity contribution in [3.8, 4) is 28.7 Å². The Morgan fingerprint density at radius 2 is 1.45 bits per heavy atom. The molecule has 1 nitrogen and oxygen atoms in total. The number of fused-ring (bicyclic) bond motifs is 3. The van der Waals surface area contributed by atoms with Crippen LogP contribution in [0.25, 0.3) is 11.1 Å². The molecule has 1 aliphatic heterocycles. The van der Waals surface area contributed by atoms with Crippen molar-refractivity contribution >= 4 is 14.1 Å². The summed E-state index contributed by atoms with van der Waals surface area (Å²) in [6.45, 7) is 4.12. The van der Waals surface area contributed by atoms with Gasteiger partial charge in [0, 0.05) is 23.7 Å². The molecule has 0 saturated heterocycles. The van der Waals surface area contributed by atoms with E-state index in [0.29, 0.717) is 8.81 Å². The maximum atomic E-state index is 5.68. The molecular weight excluding hydrogens is 263 g/mol. The highest BCUT2D eigenvalue weighted by atomic mass is 31.1. The molecule has 0 fully saturated rings. The van der Waals surface area contributed by atoms with E-state index in [0.717, 1.165) is 18.6 Å². The first-order valence-electron chi connectivity index (χ1n) is 6.93. The van der Waals surface area contributed by atoms with Crippen LogP contribution in [-0.2, 0) is 0 Å². The minimum Gasteiger partial charge on any atom is -0.472 e. The quantitative estimate of drug-likeness (QED) is 0.499. The lowest BCUT2D eigenvalue weighted by Crippen LogP contribution is -2.06. The summed E-state index contributed by atoms with van der Waals surface area (Å²) in [5.41, 5.74) is 2.52. The summed E-state index contributed by atoms with van der Waals surface area (Å²) < 4.78 is 5.68. The van der Waals surface area contributed by atoms with E-state index >= 15 is 0 Å². The molecule has 0 bridgehead atoms. The number of hydrogen-bond acceptors (Lipinski definition) is 1. The Bertz CT molecular complexity index is 569. The zero-order chi connectivity index (χ0) is 14.2. The fraction of sp³-hybridized carbons (Fsp3) is 0.222. The molecule has 0 radical (unpaired) electrons. The predicted octanol–water partition coefficient (Wildman–Crippen LogP) is 4.77. The summed E-state index contributed by atoms with van der Waals surface area (Å²) in [6, 6.07) is 16.6. The molecule has 0 saturated carbocycles. The predicted molar refractivity (Wildman–Crippen MR) is 88.8 cm³/mol. The maximum absolute atomic E-state index is 5.68. The molecular formula is C18H19OP. The Morgan fingerprint density at radius 3 is 2.15 bits per heavy atom. The third-order valence-corrected chi connectivity index (χ3v) is 3.83. The van der Waals surface area contributed by atoms with Crippen LogP contribution in [0.1, 0.15) is 26.7 Å². The van der Waals surface area contributed by atoms with E-state index < -0.39 is 0 Å². The van der Waals surface area contributed by atoms with Gasteiger partial charge in [-0.15, -0.1) is 11.8 Å². The van der Waals surface area contributed by atoms with Gasteiger partial charge in [0.2, 0.25) is 0 Å². The normalized spacial score (nSPS) is 11.9. The van der Waals surface area contributed by atoms with Crippen LogP contribution in [0.4, 0.5) is 0 Å². The van der Waals surface area contributed by atoms with Crippen molar-refractivity contribution < 1.29 is 4.52 Å². The van der Waals surface area contributed by atoms with Gasteiger partial charge in [-0.3, -0.25) is 0 Å². The lowest BCUT2D eigenvalue weighted by Gasteiger charge is -2.19. The van der Waals surface area contributed by atoms with Crippen LogP contribution in [0, 0.1) is 11.8 Å². The zero-order valence-corrected chi connectivity index (χ0v) is 12.9. The van der Waals surface area contributed by atoms with Gasteiger partial charge in [0.05, 0.1) is 0 Å². The average molecular weight is 282 g/mol. The van der Waals surface area contributed by atoms with E-state index in [2.05, 4.69) is 56.0 Å². The summed E-state index contributed by atoms with van der Waals surface area (Å²) >= 11 is 0. The van der Waals surface area contributed by atoms with Crippen LogP contribution >= 0.6 is 8.81 Å². The summed E-state index contributed by atoms with van der Waals surface area (Å²) in [6.07, 6.45) is 1.99.